The second-order valence-electron chi connectivity index (χ2n) is 6.57. The Morgan fingerprint density at radius 3 is 2.52 bits per heavy atom. The van der Waals surface area contributed by atoms with Crippen LogP contribution in [0.3, 0.4) is 0 Å². The van der Waals surface area contributed by atoms with E-state index in [1.807, 2.05) is 24.3 Å². The van der Waals surface area contributed by atoms with Crippen LogP contribution in [0.15, 0.2) is 48.5 Å². The molecule has 3 rings (SSSR count). The van der Waals surface area contributed by atoms with Crippen molar-refractivity contribution in [2.24, 2.45) is 0 Å². The number of amides is 2. The van der Waals surface area contributed by atoms with Crippen LogP contribution in [0, 0.1) is 5.82 Å². The van der Waals surface area contributed by atoms with Crippen LogP contribution in [0.25, 0.3) is 0 Å². The van der Waals surface area contributed by atoms with Gasteiger partial charge in [-0.05, 0) is 35.7 Å². The zero-order valence-electron chi connectivity index (χ0n) is 15.4. The Kier molecular flexibility index (Phi) is 6.06. The minimum Gasteiger partial charge on any atom is -0.497 e. The van der Waals surface area contributed by atoms with Crippen molar-refractivity contribution in [1.82, 2.24) is 9.80 Å². The Labute approximate surface area is 158 Å². The van der Waals surface area contributed by atoms with E-state index in [9.17, 15) is 14.0 Å². The summed E-state index contributed by atoms with van der Waals surface area (Å²) in [7, 11) is 1.61. The predicted octanol–water partition coefficient (Wildman–Crippen LogP) is 2.64. The molecule has 0 unspecified atom stereocenters. The Balaban J connectivity index is 1.50. The molecule has 0 bridgehead atoms. The average molecular weight is 370 g/mol. The van der Waals surface area contributed by atoms with Gasteiger partial charge in [0.2, 0.25) is 11.8 Å². The van der Waals surface area contributed by atoms with E-state index in [2.05, 4.69) is 0 Å². The van der Waals surface area contributed by atoms with E-state index in [-0.39, 0.29) is 30.6 Å². The minimum absolute atomic E-state index is 0.0729. The molecule has 0 spiro atoms. The van der Waals surface area contributed by atoms with Crippen LogP contribution < -0.4 is 4.74 Å². The number of hydrogen-bond donors (Lipinski definition) is 0. The topological polar surface area (TPSA) is 49.9 Å². The molecule has 1 fully saturated rings. The lowest BCUT2D eigenvalue weighted by atomic mass is 10.1. The third-order valence-corrected chi connectivity index (χ3v) is 4.77. The molecule has 1 saturated heterocycles. The molecular weight excluding hydrogens is 347 g/mol. The zero-order valence-corrected chi connectivity index (χ0v) is 15.4. The maximum absolute atomic E-state index is 13.7. The first kappa shape index (κ1) is 18.9. The third kappa shape index (κ3) is 4.84. The molecule has 0 radical (unpaired) electrons. The maximum atomic E-state index is 13.7. The molecule has 6 heteroatoms. The first-order valence-electron chi connectivity index (χ1n) is 8.98. The number of hydrogen-bond acceptors (Lipinski definition) is 3. The van der Waals surface area contributed by atoms with Gasteiger partial charge < -0.3 is 14.5 Å². The fourth-order valence-corrected chi connectivity index (χ4v) is 3.14. The highest BCUT2D eigenvalue weighted by Crippen LogP contribution is 2.16. The van der Waals surface area contributed by atoms with Gasteiger partial charge in [-0.25, -0.2) is 4.39 Å². The summed E-state index contributed by atoms with van der Waals surface area (Å²) >= 11 is 0. The van der Waals surface area contributed by atoms with E-state index in [4.69, 9.17) is 4.74 Å². The Bertz CT molecular complexity index is 807. The number of ether oxygens (including phenoxy) is 1. The molecule has 142 valence electrons. The van der Waals surface area contributed by atoms with Gasteiger partial charge in [0, 0.05) is 26.1 Å². The second kappa shape index (κ2) is 8.66. The van der Waals surface area contributed by atoms with Crippen molar-refractivity contribution in [3.8, 4) is 5.75 Å². The lowest BCUT2D eigenvalue weighted by Crippen LogP contribution is -2.51. The van der Waals surface area contributed by atoms with Gasteiger partial charge in [-0.1, -0.05) is 30.3 Å². The maximum Gasteiger partial charge on any atom is 0.242 e. The third-order valence-electron chi connectivity index (χ3n) is 4.77. The van der Waals surface area contributed by atoms with E-state index < -0.39 is 0 Å². The Morgan fingerprint density at radius 1 is 1.11 bits per heavy atom. The van der Waals surface area contributed by atoms with Crippen LogP contribution in [0.4, 0.5) is 4.39 Å². The minimum atomic E-state index is -0.300. The fraction of sp³-hybridized carbons (Fsp3) is 0.333. The van der Waals surface area contributed by atoms with Crippen molar-refractivity contribution >= 4 is 11.8 Å². The standard InChI is InChI=1S/C21H23FN2O3/c1-27-18-9-6-16(7-10-18)14-23-12-13-24(15-21(23)26)20(25)11-8-17-4-2-3-5-19(17)22/h2-7,9-10H,8,11-15H2,1H3. The van der Waals surface area contributed by atoms with Crippen LogP contribution in [-0.4, -0.2) is 48.4 Å². The molecule has 5 nitrogen and oxygen atoms in total. The number of benzene rings is 2. The molecule has 0 saturated carbocycles. The summed E-state index contributed by atoms with van der Waals surface area (Å²) in [6.45, 7) is 1.58. The summed E-state index contributed by atoms with van der Waals surface area (Å²) in [6.07, 6.45) is 0.540. The average Bonchev–Trinajstić information content (AvgIpc) is 2.69. The van der Waals surface area contributed by atoms with Crippen molar-refractivity contribution in [2.75, 3.05) is 26.7 Å². The normalized spacial score (nSPS) is 14.4. The van der Waals surface area contributed by atoms with Crippen molar-refractivity contribution < 1.29 is 18.7 Å². The van der Waals surface area contributed by atoms with Crippen molar-refractivity contribution in [3.63, 3.8) is 0 Å². The number of methoxy groups -OCH3 is 1. The highest BCUT2D eigenvalue weighted by molar-refractivity contribution is 5.86. The molecule has 1 heterocycles. The molecule has 1 aliphatic rings. The van der Waals surface area contributed by atoms with E-state index in [1.54, 1.807) is 35.1 Å². The van der Waals surface area contributed by atoms with Crippen LogP contribution in [0.2, 0.25) is 0 Å². The number of carbonyl (C=O) groups excluding carboxylic acids is 2. The fourth-order valence-electron chi connectivity index (χ4n) is 3.14. The lowest BCUT2D eigenvalue weighted by Gasteiger charge is -2.34. The van der Waals surface area contributed by atoms with E-state index in [0.29, 0.717) is 31.6 Å². The summed E-state index contributed by atoms with van der Waals surface area (Å²) < 4.78 is 18.8. The van der Waals surface area contributed by atoms with Crippen LogP contribution >= 0.6 is 0 Å². The van der Waals surface area contributed by atoms with Crippen LogP contribution in [0.1, 0.15) is 17.5 Å². The smallest absolute Gasteiger partial charge is 0.242 e. The number of aryl methyl sites for hydroxylation is 1. The number of nitrogens with zero attached hydrogens (tertiary/aromatic N) is 2. The largest absolute Gasteiger partial charge is 0.497 e. The first-order valence-corrected chi connectivity index (χ1v) is 8.98. The molecule has 27 heavy (non-hydrogen) atoms. The van der Waals surface area contributed by atoms with Gasteiger partial charge >= 0.3 is 0 Å². The summed E-state index contributed by atoms with van der Waals surface area (Å²) in [4.78, 5) is 28.1. The molecule has 1 aliphatic heterocycles. The summed E-state index contributed by atoms with van der Waals surface area (Å²) in [6, 6.07) is 14.0. The number of halogens is 1. The summed E-state index contributed by atoms with van der Waals surface area (Å²) in [5.74, 6) is 0.285. The highest BCUT2D eigenvalue weighted by Gasteiger charge is 2.26. The Morgan fingerprint density at radius 2 is 1.85 bits per heavy atom. The summed E-state index contributed by atoms with van der Waals surface area (Å²) in [5.41, 5.74) is 1.54. The van der Waals surface area contributed by atoms with Crippen molar-refractivity contribution in [1.29, 1.82) is 0 Å². The molecule has 0 atom stereocenters. The van der Waals surface area contributed by atoms with E-state index in [0.717, 1.165) is 11.3 Å². The van der Waals surface area contributed by atoms with Crippen LogP contribution in [-0.2, 0) is 22.6 Å². The van der Waals surface area contributed by atoms with Gasteiger partial charge in [-0.15, -0.1) is 0 Å². The monoisotopic (exact) mass is 370 g/mol. The predicted molar refractivity (Wildman–Crippen MR) is 99.7 cm³/mol. The van der Waals surface area contributed by atoms with Gasteiger partial charge in [0.1, 0.15) is 11.6 Å². The molecule has 0 aromatic heterocycles. The van der Waals surface area contributed by atoms with Crippen LogP contribution in [0.5, 0.6) is 5.75 Å². The Hall–Kier alpha value is -2.89. The van der Waals surface area contributed by atoms with Crippen molar-refractivity contribution in [2.45, 2.75) is 19.4 Å². The molecule has 0 N–H and O–H groups in total. The van der Waals surface area contributed by atoms with Crippen molar-refractivity contribution in [3.05, 3.63) is 65.5 Å². The molecule has 2 amide bonds. The molecular formula is C21H23FN2O3. The van der Waals surface area contributed by atoms with Gasteiger partial charge in [-0.2, -0.15) is 0 Å². The van der Waals surface area contributed by atoms with Gasteiger partial charge in [0.25, 0.3) is 0 Å². The van der Waals surface area contributed by atoms with Gasteiger partial charge in [-0.3, -0.25) is 9.59 Å². The SMILES string of the molecule is COc1ccc(CN2CCN(C(=O)CCc3ccccc3F)CC2=O)cc1. The first-order chi connectivity index (χ1) is 13.1. The molecule has 2 aromatic rings. The zero-order chi connectivity index (χ0) is 19.2. The number of rotatable bonds is 6. The van der Waals surface area contributed by atoms with Gasteiger partial charge in [0.05, 0.1) is 13.7 Å². The number of piperazine rings is 1. The summed E-state index contributed by atoms with van der Waals surface area (Å²) in [5, 5.41) is 0. The molecule has 2 aromatic carbocycles. The molecule has 0 aliphatic carbocycles. The lowest BCUT2D eigenvalue weighted by molar-refractivity contribution is -0.145. The van der Waals surface area contributed by atoms with E-state index in [1.165, 1.54) is 6.07 Å². The number of carbonyl (C=O) groups is 2. The quantitative estimate of drug-likeness (QED) is 0.786. The second-order valence-corrected chi connectivity index (χ2v) is 6.57. The van der Waals surface area contributed by atoms with Gasteiger partial charge in [0.15, 0.2) is 0 Å². The van der Waals surface area contributed by atoms with E-state index >= 15 is 0 Å². The highest BCUT2D eigenvalue weighted by atomic mass is 19.1.